The van der Waals surface area contributed by atoms with Crippen LogP contribution < -0.4 is 0 Å². The summed E-state index contributed by atoms with van der Waals surface area (Å²) in [6.45, 7) is 3.11. The molecular weight excluding hydrogens is 236 g/mol. The zero-order valence-corrected chi connectivity index (χ0v) is 11.2. The van der Waals surface area contributed by atoms with Crippen molar-refractivity contribution in [2.45, 2.75) is 39.2 Å². The van der Waals surface area contributed by atoms with Crippen LogP contribution in [0.4, 0.5) is 0 Å². The van der Waals surface area contributed by atoms with Crippen LogP contribution in [-0.2, 0) is 19.4 Å². The molecule has 3 heteroatoms. The van der Waals surface area contributed by atoms with E-state index in [9.17, 15) is 4.79 Å². The van der Waals surface area contributed by atoms with Gasteiger partial charge in [-0.05, 0) is 30.9 Å². The first-order valence-corrected chi connectivity index (χ1v) is 6.87. The van der Waals surface area contributed by atoms with Crippen LogP contribution in [0, 0.1) is 6.92 Å². The fourth-order valence-corrected chi connectivity index (χ4v) is 2.84. The molecule has 0 bridgehead atoms. The molecule has 3 nitrogen and oxygen atoms in total. The number of carbonyl (C=O) groups is 1. The van der Waals surface area contributed by atoms with Gasteiger partial charge in [-0.3, -0.25) is 4.79 Å². The Bertz CT molecular complexity index is 613. The van der Waals surface area contributed by atoms with Gasteiger partial charge in [0, 0.05) is 19.4 Å². The zero-order valence-electron chi connectivity index (χ0n) is 11.2. The van der Waals surface area contributed by atoms with Crippen LogP contribution >= 0.6 is 0 Å². The number of fused-ring (bicyclic) bond motifs is 1. The van der Waals surface area contributed by atoms with Gasteiger partial charge in [0.2, 0.25) is 0 Å². The summed E-state index contributed by atoms with van der Waals surface area (Å²) in [5.41, 5.74) is 4.25. The summed E-state index contributed by atoms with van der Waals surface area (Å²) in [6, 6.07) is 8.35. The van der Waals surface area contributed by atoms with E-state index in [2.05, 4.69) is 34.7 Å². The number of hydrogen-bond donors (Lipinski definition) is 0. The second kappa shape index (κ2) is 5.00. The van der Waals surface area contributed by atoms with Crippen LogP contribution in [0.25, 0.3) is 0 Å². The van der Waals surface area contributed by atoms with E-state index in [4.69, 9.17) is 0 Å². The molecule has 1 aromatic carbocycles. The molecule has 0 atom stereocenters. The van der Waals surface area contributed by atoms with Crippen LogP contribution in [0.3, 0.4) is 0 Å². The highest BCUT2D eigenvalue weighted by molar-refractivity contribution is 5.74. The minimum absolute atomic E-state index is 0.625. The van der Waals surface area contributed by atoms with Gasteiger partial charge in [0.1, 0.15) is 11.5 Å². The predicted octanol–water partition coefficient (Wildman–Crippen LogP) is 2.93. The van der Waals surface area contributed by atoms with E-state index in [1.54, 1.807) is 0 Å². The summed E-state index contributed by atoms with van der Waals surface area (Å²) < 4.78 is 2.25. The third-order valence-electron chi connectivity index (χ3n) is 3.95. The van der Waals surface area contributed by atoms with E-state index in [1.807, 2.05) is 6.07 Å². The minimum Gasteiger partial charge on any atom is -0.331 e. The fraction of sp³-hybridized carbons (Fsp3) is 0.375. The molecule has 2 heterocycles. The summed E-state index contributed by atoms with van der Waals surface area (Å²) in [5, 5.41) is 0. The Hall–Kier alpha value is -1.90. The average Bonchev–Trinajstić information content (AvgIpc) is 2.79. The standard InChI is InChI=1S/C16H18N2O/c1-12-6-2-3-7-13(12)10-15-14(11-19)17-16-8-4-5-9-18(15)16/h2-3,6-7,11H,4-5,8-10H2,1H3. The lowest BCUT2D eigenvalue weighted by molar-refractivity contribution is 0.111. The van der Waals surface area contributed by atoms with Crippen molar-refractivity contribution in [2.24, 2.45) is 0 Å². The molecule has 0 saturated heterocycles. The molecule has 0 N–H and O–H groups in total. The van der Waals surface area contributed by atoms with Gasteiger partial charge in [-0.1, -0.05) is 24.3 Å². The largest absolute Gasteiger partial charge is 0.331 e. The van der Waals surface area contributed by atoms with Crippen molar-refractivity contribution in [3.63, 3.8) is 0 Å². The summed E-state index contributed by atoms with van der Waals surface area (Å²) in [7, 11) is 0. The zero-order chi connectivity index (χ0) is 13.2. The van der Waals surface area contributed by atoms with Crippen LogP contribution in [-0.4, -0.2) is 15.8 Å². The van der Waals surface area contributed by atoms with Crippen molar-refractivity contribution in [3.8, 4) is 0 Å². The van der Waals surface area contributed by atoms with Gasteiger partial charge in [-0.2, -0.15) is 0 Å². The van der Waals surface area contributed by atoms with Gasteiger partial charge in [0.05, 0.1) is 5.69 Å². The molecular formula is C16H18N2O. The molecule has 98 valence electrons. The fourth-order valence-electron chi connectivity index (χ4n) is 2.84. The van der Waals surface area contributed by atoms with Crippen molar-refractivity contribution in [3.05, 3.63) is 52.6 Å². The number of aromatic nitrogens is 2. The third kappa shape index (κ3) is 2.21. The topological polar surface area (TPSA) is 34.9 Å². The molecule has 0 aliphatic carbocycles. The lowest BCUT2D eigenvalue weighted by Gasteiger charge is -2.17. The maximum atomic E-state index is 11.2. The molecule has 0 unspecified atom stereocenters. The molecule has 0 radical (unpaired) electrons. The molecule has 2 aromatic rings. The maximum Gasteiger partial charge on any atom is 0.170 e. The Balaban J connectivity index is 2.02. The number of imidazole rings is 1. The quantitative estimate of drug-likeness (QED) is 0.789. The SMILES string of the molecule is Cc1ccccc1Cc1c(C=O)nc2n1CCCC2. The lowest BCUT2D eigenvalue weighted by atomic mass is 10.0. The average molecular weight is 254 g/mol. The van der Waals surface area contributed by atoms with Crippen LogP contribution in [0.1, 0.15) is 46.0 Å². The molecule has 0 saturated carbocycles. The van der Waals surface area contributed by atoms with Gasteiger partial charge in [0.15, 0.2) is 6.29 Å². The minimum atomic E-state index is 0.625. The number of aryl methyl sites for hydroxylation is 2. The van der Waals surface area contributed by atoms with E-state index >= 15 is 0 Å². The second-order valence-electron chi connectivity index (χ2n) is 5.19. The number of nitrogens with zero attached hydrogens (tertiary/aromatic N) is 2. The van der Waals surface area contributed by atoms with Crippen molar-refractivity contribution < 1.29 is 4.79 Å². The van der Waals surface area contributed by atoms with E-state index < -0.39 is 0 Å². The number of benzene rings is 1. The molecule has 19 heavy (non-hydrogen) atoms. The highest BCUT2D eigenvalue weighted by Gasteiger charge is 2.19. The monoisotopic (exact) mass is 254 g/mol. The first-order valence-electron chi connectivity index (χ1n) is 6.87. The van der Waals surface area contributed by atoms with Crippen molar-refractivity contribution in [1.29, 1.82) is 0 Å². The van der Waals surface area contributed by atoms with E-state index in [1.165, 1.54) is 24.0 Å². The Morgan fingerprint density at radius 1 is 1.32 bits per heavy atom. The Morgan fingerprint density at radius 2 is 2.16 bits per heavy atom. The normalized spacial score (nSPS) is 14.2. The summed E-state index contributed by atoms with van der Waals surface area (Å²) in [4.78, 5) is 15.7. The summed E-state index contributed by atoms with van der Waals surface area (Å²) in [6.07, 6.45) is 5.06. The summed E-state index contributed by atoms with van der Waals surface area (Å²) >= 11 is 0. The van der Waals surface area contributed by atoms with Gasteiger partial charge in [-0.15, -0.1) is 0 Å². The number of rotatable bonds is 3. The number of carbonyl (C=O) groups excluding carboxylic acids is 1. The van der Waals surface area contributed by atoms with Crippen LogP contribution in [0.5, 0.6) is 0 Å². The van der Waals surface area contributed by atoms with Crippen molar-refractivity contribution in [2.75, 3.05) is 0 Å². The van der Waals surface area contributed by atoms with E-state index in [-0.39, 0.29) is 0 Å². The highest BCUT2D eigenvalue weighted by atomic mass is 16.1. The number of aldehydes is 1. The highest BCUT2D eigenvalue weighted by Crippen LogP contribution is 2.22. The smallest absolute Gasteiger partial charge is 0.170 e. The molecule has 0 fully saturated rings. The molecule has 1 aliphatic rings. The van der Waals surface area contributed by atoms with Gasteiger partial charge >= 0.3 is 0 Å². The molecule has 0 amide bonds. The molecule has 1 aromatic heterocycles. The Morgan fingerprint density at radius 3 is 2.95 bits per heavy atom. The van der Waals surface area contributed by atoms with Crippen LogP contribution in [0.2, 0.25) is 0 Å². The molecule has 0 spiro atoms. The number of hydrogen-bond acceptors (Lipinski definition) is 2. The maximum absolute atomic E-state index is 11.2. The molecule has 3 rings (SSSR count). The van der Waals surface area contributed by atoms with Gasteiger partial charge in [0.25, 0.3) is 0 Å². The van der Waals surface area contributed by atoms with Gasteiger partial charge in [-0.25, -0.2) is 4.98 Å². The second-order valence-corrected chi connectivity index (χ2v) is 5.19. The van der Waals surface area contributed by atoms with Crippen molar-refractivity contribution >= 4 is 6.29 Å². The predicted molar refractivity (Wildman–Crippen MR) is 74.5 cm³/mol. The van der Waals surface area contributed by atoms with E-state index in [0.29, 0.717) is 5.69 Å². The van der Waals surface area contributed by atoms with Crippen LogP contribution in [0.15, 0.2) is 24.3 Å². The Kier molecular flexibility index (Phi) is 3.20. The first kappa shape index (κ1) is 12.2. The molecule has 1 aliphatic heterocycles. The van der Waals surface area contributed by atoms with Gasteiger partial charge < -0.3 is 4.57 Å². The third-order valence-corrected chi connectivity index (χ3v) is 3.95. The Labute approximate surface area is 113 Å². The van der Waals surface area contributed by atoms with Crippen molar-refractivity contribution in [1.82, 2.24) is 9.55 Å². The summed E-state index contributed by atoms with van der Waals surface area (Å²) in [5.74, 6) is 1.08. The van der Waals surface area contributed by atoms with E-state index in [0.717, 1.165) is 37.2 Å². The first-order chi connectivity index (χ1) is 9.29. The lowest BCUT2D eigenvalue weighted by Crippen LogP contribution is -2.13.